The minimum atomic E-state index is -1.56. The maximum atomic E-state index is 12.1. The molecule has 5 atom stereocenters. The molecule has 0 saturated carbocycles. The van der Waals surface area contributed by atoms with Crippen LogP contribution in [0.1, 0.15) is 11.1 Å². The monoisotopic (exact) mass is 475 g/mol. The number of carbonyl (C=O) groups excluding carboxylic acids is 1. The Morgan fingerprint density at radius 2 is 1.79 bits per heavy atom. The number of phenolic OH excluding ortho intramolecular Hbond substituents is 1. The molecule has 1 heterocycles. The number of nitrogens with one attached hydrogen (secondary N) is 1. The number of hydrogen-bond acceptors (Lipinski definition) is 9. The summed E-state index contributed by atoms with van der Waals surface area (Å²) in [6.07, 6.45) is -3.43. The molecule has 0 aliphatic carbocycles. The molecule has 2 aromatic carbocycles. The van der Waals surface area contributed by atoms with Crippen LogP contribution < -0.4 is 14.8 Å². The fourth-order valence-corrected chi connectivity index (χ4v) is 3.40. The molecule has 1 aliphatic heterocycles. The zero-order valence-corrected chi connectivity index (χ0v) is 18.6. The summed E-state index contributed by atoms with van der Waals surface area (Å²) in [5.41, 5.74) is 1.63. The standard InChI is InChI=1S/C24H29NO9/c1-32-18-12-15(5-9-20(28)25-11-10-14-2-6-16(27)7-3-14)4-8-17(18)33-24-23(31)22(30)21(29)19(13-26)34-24/h2-9,12,19,21-24,26-27,29-31H,10-11,13H2,1H3,(H,25,28)/b9-5+/t19-,21-,22+,23-,24-/m0/s1. The Hall–Kier alpha value is -3.15. The second kappa shape index (κ2) is 11.8. The summed E-state index contributed by atoms with van der Waals surface area (Å²) in [6.45, 7) is -0.133. The molecule has 1 fully saturated rings. The molecule has 0 aromatic heterocycles. The van der Waals surface area contributed by atoms with Gasteiger partial charge in [0.25, 0.3) is 0 Å². The van der Waals surface area contributed by atoms with Crippen molar-refractivity contribution in [3.8, 4) is 17.2 Å². The Kier molecular flexibility index (Phi) is 8.85. The van der Waals surface area contributed by atoms with Crippen LogP contribution in [0.15, 0.2) is 48.5 Å². The van der Waals surface area contributed by atoms with Crippen molar-refractivity contribution in [2.45, 2.75) is 37.1 Å². The number of carbonyl (C=O) groups is 1. The average Bonchev–Trinajstić information content (AvgIpc) is 2.84. The number of ether oxygens (including phenoxy) is 3. The molecular formula is C24H29NO9. The second-order valence-corrected chi connectivity index (χ2v) is 7.77. The highest BCUT2D eigenvalue weighted by Crippen LogP contribution is 2.32. The molecule has 0 unspecified atom stereocenters. The lowest BCUT2D eigenvalue weighted by molar-refractivity contribution is -0.277. The van der Waals surface area contributed by atoms with Crippen LogP contribution in [0, 0.1) is 0 Å². The van der Waals surface area contributed by atoms with E-state index in [0.29, 0.717) is 18.5 Å². The van der Waals surface area contributed by atoms with Gasteiger partial charge >= 0.3 is 0 Å². The second-order valence-electron chi connectivity index (χ2n) is 7.77. The molecule has 6 N–H and O–H groups in total. The number of aliphatic hydroxyl groups is 4. The van der Waals surface area contributed by atoms with Gasteiger partial charge in [-0.25, -0.2) is 0 Å². The van der Waals surface area contributed by atoms with Crippen LogP contribution in [0.5, 0.6) is 17.2 Å². The number of rotatable bonds is 9. The number of phenols is 1. The lowest BCUT2D eigenvalue weighted by atomic mass is 9.99. The molecule has 10 nitrogen and oxygen atoms in total. The maximum absolute atomic E-state index is 12.1. The molecule has 0 spiro atoms. The number of hydrogen-bond donors (Lipinski definition) is 6. The number of amides is 1. The Balaban J connectivity index is 1.58. The number of methoxy groups -OCH3 is 1. The predicted octanol–water partition coefficient (Wildman–Crippen LogP) is -0.0484. The third-order valence-corrected chi connectivity index (χ3v) is 5.36. The predicted molar refractivity (Wildman–Crippen MR) is 121 cm³/mol. The van der Waals surface area contributed by atoms with E-state index in [1.165, 1.54) is 13.2 Å². The van der Waals surface area contributed by atoms with E-state index in [4.69, 9.17) is 14.2 Å². The van der Waals surface area contributed by atoms with Crippen molar-refractivity contribution in [2.24, 2.45) is 0 Å². The Morgan fingerprint density at radius 1 is 1.06 bits per heavy atom. The van der Waals surface area contributed by atoms with Crippen molar-refractivity contribution in [3.63, 3.8) is 0 Å². The molecule has 1 amide bonds. The van der Waals surface area contributed by atoms with Crippen molar-refractivity contribution in [3.05, 3.63) is 59.7 Å². The molecule has 0 bridgehead atoms. The fraction of sp³-hybridized carbons (Fsp3) is 0.375. The third-order valence-electron chi connectivity index (χ3n) is 5.36. The highest BCUT2D eigenvalue weighted by Gasteiger charge is 2.44. The maximum Gasteiger partial charge on any atom is 0.244 e. The normalized spacial score (nSPS) is 24.7. The van der Waals surface area contributed by atoms with E-state index in [1.54, 1.807) is 48.5 Å². The number of aliphatic hydroxyl groups excluding tert-OH is 4. The van der Waals surface area contributed by atoms with Crippen LogP contribution in [0.3, 0.4) is 0 Å². The van der Waals surface area contributed by atoms with E-state index in [1.807, 2.05) is 0 Å². The smallest absolute Gasteiger partial charge is 0.244 e. The van der Waals surface area contributed by atoms with Crippen LogP contribution in [-0.2, 0) is 16.0 Å². The summed E-state index contributed by atoms with van der Waals surface area (Å²) in [5.74, 6) is 0.393. The van der Waals surface area contributed by atoms with Gasteiger partial charge in [-0.15, -0.1) is 0 Å². The van der Waals surface area contributed by atoms with Gasteiger partial charge in [0.05, 0.1) is 13.7 Å². The third kappa shape index (κ3) is 6.46. The molecular weight excluding hydrogens is 446 g/mol. The summed E-state index contributed by atoms with van der Waals surface area (Å²) >= 11 is 0. The first-order valence-electron chi connectivity index (χ1n) is 10.7. The van der Waals surface area contributed by atoms with E-state index < -0.39 is 37.3 Å². The summed E-state index contributed by atoms with van der Waals surface area (Å²) in [7, 11) is 1.42. The average molecular weight is 475 g/mol. The van der Waals surface area contributed by atoms with E-state index in [-0.39, 0.29) is 23.2 Å². The molecule has 1 aliphatic rings. The molecule has 34 heavy (non-hydrogen) atoms. The Bertz CT molecular complexity index is 977. The first kappa shape index (κ1) is 25.5. The lowest BCUT2D eigenvalue weighted by Gasteiger charge is -2.39. The van der Waals surface area contributed by atoms with E-state index >= 15 is 0 Å². The van der Waals surface area contributed by atoms with Crippen LogP contribution in [0.25, 0.3) is 6.08 Å². The topological polar surface area (TPSA) is 158 Å². The highest BCUT2D eigenvalue weighted by molar-refractivity contribution is 5.91. The number of benzene rings is 2. The summed E-state index contributed by atoms with van der Waals surface area (Å²) in [6, 6.07) is 11.6. The first-order valence-corrected chi connectivity index (χ1v) is 10.7. The van der Waals surface area contributed by atoms with Crippen LogP contribution in [-0.4, -0.2) is 82.4 Å². The Labute approximate surface area is 196 Å². The fourth-order valence-electron chi connectivity index (χ4n) is 3.40. The molecule has 10 heteroatoms. The minimum absolute atomic E-state index is 0.191. The SMILES string of the molecule is COc1cc(/C=C/C(=O)NCCc2ccc(O)cc2)ccc1O[C@H]1O[C@@H](CO)[C@H](O)[C@@H](O)[C@@H]1O. The van der Waals surface area contributed by atoms with Gasteiger partial charge in [-0.05, 0) is 47.9 Å². The van der Waals surface area contributed by atoms with Gasteiger partial charge in [0.15, 0.2) is 11.5 Å². The zero-order valence-electron chi connectivity index (χ0n) is 18.6. The van der Waals surface area contributed by atoms with Crippen molar-refractivity contribution in [1.82, 2.24) is 5.32 Å². The first-order chi connectivity index (χ1) is 16.3. The van der Waals surface area contributed by atoms with Crippen molar-refractivity contribution >= 4 is 12.0 Å². The van der Waals surface area contributed by atoms with Crippen LogP contribution >= 0.6 is 0 Å². The largest absolute Gasteiger partial charge is 0.508 e. The quantitative estimate of drug-likeness (QED) is 0.274. The van der Waals surface area contributed by atoms with E-state index in [9.17, 15) is 30.3 Å². The van der Waals surface area contributed by atoms with Crippen molar-refractivity contribution in [2.75, 3.05) is 20.3 Å². The van der Waals surface area contributed by atoms with Gasteiger partial charge in [0, 0.05) is 12.6 Å². The Morgan fingerprint density at radius 3 is 2.47 bits per heavy atom. The van der Waals surface area contributed by atoms with Gasteiger partial charge in [0.1, 0.15) is 30.2 Å². The lowest BCUT2D eigenvalue weighted by Crippen LogP contribution is -2.60. The molecule has 1 saturated heterocycles. The summed E-state index contributed by atoms with van der Waals surface area (Å²) < 4.78 is 16.3. The van der Waals surface area contributed by atoms with Gasteiger partial charge in [0.2, 0.25) is 12.2 Å². The zero-order chi connectivity index (χ0) is 24.7. The van der Waals surface area contributed by atoms with Gasteiger partial charge < -0.3 is 45.1 Å². The van der Waals surface area contributed by atoms with Crippen LogP contribution in [0.2, 0.25) is 0 Å². The molecule has 184 valence electrons. The summed E-state index contributed by atoms with van der Waals surface area (Å²) in [4.78, 5) is 12.1. The molecule has 3 rings (SSSR count). The molecule has 2 aromatic rings. The van der Waals surface area contributed by atoms with Crippen molar-refractivity contribution < 1.29 is 44.5 Å². The van der Waals surface area contributed by atoms with E-state index in [2.05, 4.69) is 5.32 Å². The van der Waals surface area contributed by atoms with E-state index in [0.717, 1.165) is 5.56 Å². The van der Waals surface area contributed by atoms with Crippen molar-refractivity contribution in [1.29, 1.82) is 0 Å². The minimum Gasteiger partial charge on any atom is -0.508 e. The van der Waals surface area contributed by atoms with Crippen LogP contribution in [0.4, 0.5) is 0 Å². The number of aromatic hydroxyl groups is 1. The highest BCUT2D eigenvalue weighted by atomic mass is 16.7. The summed E-state index contributed by atoms with van der Waals surface area (Å²) in [5, 5.41) is 51.3. The van der Waals surface area contributed by atoms with Gasteiger partial charge in [-0.3, -0.25) is 4.79 Å². The van der Waals surface area contributed by atoms with Gasteiger partial charge in [-0.1, -0.05) is 18.2 Å². The van der Waals surface area contributed by atoms with Gasteiger partial charge in [-0.2, -0.15) is 0 Å². The molecule has 0 radical (unpaired) electrons.